The molecule has 1 aliphatic rings. The molecular weight excluding hydrogens is 344 g/mol. The Balaban J connectivity index is 1.95. The highest BCUT2D eigenvalue weighted by atomic mass is 14.8. The minimum absolute atomic E-state index is 0.177. The minimum Gasteiger partial charge on any atom is -0.399 e. The van der Waals surface area contributed by atoms with Gasteiger partial charge in [0.15, 0.2) is 0 Å². The maximum atomic E-state index is 7.08. The second-order valence-electron chi connectivity index (χ2n) is 7.22. The van der Waals surface area contributed by atoms with E-state index in [1.54, 1.807) is 0 Å². The maximum absolute atomic E-state index is 7.08. The lowest BCUT2D eigenvalue weighted by Gasteiger charge is -2.41. The SMILES string of the molecule is NC1=C(c2ccc(N)cc2)C(c2ccc(N)cc2)C(N)(c2ccccc2)C=C1. The van der Waals surface area contributed by atoms with Gasteiger partial charge in [-0.25, -0.2) is 0 Å². The van der Waals surface area contributed by atoms with E-state index in [9.17, 15) is 0 Å². The van der Waals surface area contributed by atoms with Crippen LogP contribution in [0.3, 0.4) is 0 Å². The van der Waals surface area contributed by atoms with E-state index < -0.39 is 5.54 Å². The van der Waals surface area contributed by atoms with Crippen LogP contribution in [0.15, 0.2) is 96.7 Å². The summed E-state index contributed by atoms with van der Waals surface area (Å²) in [6, 6.07) is 25.7. The summed E-state index contributed by atoms with van der Waals surface area (Å²) in [7, 11) is 0. The maximum Gasteiger partial charge on any atom is 0.0710 e. The average molecular weight is 368 g/mol. The highest BCUT2D eigenvalue weighted by Gasteiger charge is 2.41. The molecule has 2 atom stereocenters. The Labute approximate surface area is 165 Å². The van der Waals surface area contributed by atoms with Gasteiger partial charge >= 0.3 is 0 Å². The lowest BCUT2D eigenvalue weighted by atomic mass is 9.67. The molecule has 3 aromatic carbocycles. The van der Waals surface area contributed by atoms with Gasteiger partial charge in [-0.2, -0.15) is 0 Å². The van der Waals surface area contributed by atoms with E-state index in [0.717, 1.165) is 22.3 Å². The van der Waals surface area contributed by atoms with Crippen molar-refractivity contribution in [2.24, 2.45) is 11.5 Å². The van der Waals surface area contributed by atoms with Gasteiger partial charge in [0, 0.05) is 23.0 Å². The number of nitrogen functional groups attached to an aromatic ring is 2. The largest absolute Gasteiger partial charge is 0.399 e. The number of hydrogen-bond acceptors (Lipinski definition) is 4. The van der Waals surface area contributed by atoms with Gasteiger partial charge in [-0.3, -0.25) is 0 Å². The fourth-order valence-corrected chi connectivity index (χ4v) is 3.94. The van der Waals surface area contributed by atoms with Gasteiger partial charge in [-0.15, -0.1) is 0 Å². The summed E-state index contributed by atoms with van der Waals surface area (Å²) in [6.07, 6.45) is 3.91. The molecular formula is C24H24N4. The molecule has 0 spiro atoms. The molecule has 0 saturated heterocycles. The van der Waals surface area contributed by atoms with Crippen molar-refractivity contribution in [2.75, 3.05) is 11.5 Å². The highest BCUT2D eigenvalue weighted by molar-refractivity contribution is 5.80. The fraction of sp³-hybridized carbons (Fsp3) is 0.0833. The summed E-state index contributed by atoms with van der Waals surface area (Å²) in [6.45, 7) is 0. The van der Waals surface area contributed by atoms with Crippen molar-refractivity contribution in [1.29, 1.82) is 0 Å². The third-order valence-electron chi connectivity index (χ3n) is 5.38. The van der Waals surface area contributed by atoms with E-state index >= 15 is 0 Å². The average Bonchev–Trinajstić information content (AvgIpc) is 2.72. The lowest BCUT2D eigenvalue weighted by Crippen LogP contribution is -2.43. The summed E-state index contributed by atoms with van der Waals surface area (Å²) >= 11 is 0. The van der Waals surface area contributed by atoms with Crippen LogP contribution in [0.2, 0.25) is 0 Å². The number of hydrogen-bond donors (Lipinski definition) is 4. The topological polar surface area (TPSA) is 104 Å². The van der Waals surface area contributed by atoms with Crippen LogP contribution < -0.4 is 22.9 Å². The predicted octanol–water partition coefficient (Wildman–Crippen LogP) is 3.73. The molecule has 28 heavy (non-hydrogen) atoms. The molecule has 0 aromatic heterocycles. The normalized spacial score (nSPS) is 21.7. The van der Waals surface area contributed by atoms with Gasteiger partial charge in [-0.1, -0.05) is 60.7 Å². The number of benzene rings is 3. The molecule has 0 heterocycles. The molecule has 8 N–H and O–H groups in total. The molecule has 2 unspecified atom stereocenters. The van der Waals surface area contributed by atoms with E-state index in [1.165, 1.54) is 0 Å². The molecule has 0 aliphatic heterocycles. The van der Waals surface area contributed by atoms with Gasteiger partial charge in [0.2, 0.25) is 0 Å². The molecule has 140 valence electrons. The molecule has 4 rings (SSSR count). The molecule has 1 aliphatic carbocycles. The van der Waals surface area contributed by atoms with E-state index in [1.807, 2.05) is 78.9 Å². The Bertz CT molecular complexity index is 1030. The summed E-state index contributed by atoms with van der Waals surface area (Å²) in [5.74, 6) is -0.177. The van der Waals surface area contributed by atoms with Crippen LogP contribution in [0.25, 0.3) is 5.57 Å². The molecule has 0 fully saturated rings. The van der Waals surface area contributed by atoms with Crippen molar-refractivity contribution < 1.29 is 0 Å². The minimum atomic E-state index is -0.753. The van der Waals surface area contributed by atoms with Crippen molar-refractivity contribution in [3.8, 4) is 0 Å². The van der Waals surface area contributed by atoms with Gasteiger partial charge in [-0.05, 0) is 52.6 Å². The van der Waals surface area contributed by atoms with E-state index in [-0.39, 0.29) is 5.92 Å². The summed E-state index contributed by atoms with van der Waals surface area (Å²) < 4.78 is 0. The lowest BCUT2D eigenvalue weighted by molar-refractivity contribution is 0.504. The molecule has 4 heteroatoms. The smallest absolute Gasteiger partial charge is 0.0710 e. The van der Waals surface area contributed by atoms with Crippen LogP contribution in [0.5, 0.6) is 0 Å². The molecule has 0 amide bonds. The Morgan fingerprint density at radius 3 is 1.86 bits per heavy atom. The molecule has 0 bridgehead atoms. The number of anilines is 2. The van der Waals surface area contributed by atoms with Gasteiger partial charge in [0.1, 0.15) is 0 Å². The molecule has 3 aromatic rings. The van der Waals surface area contributed by atoms with Crippen LogP contribution >= 0.6 is 0 Å². The molecule has 0 radical (unpaired) electrons. The van der Waals surface area contributed by atoms with Crippen LogP contribution in [-0.4, -0.2) is 0 Å². The van der Waals surface area contributed by atoms with E-state index in [0.29, 0.717) is 17.1 Å². The summed E-state index contributed by atoms with van der Waals surface area (Å²) in [5.41, 5.74) is 30.8. The second kappa shape index (κ2) is 6.91. The number of allylic oxidation sites excluding steroid dienone is 1. The van der Waals surface area contributed by atoms with Crippen LogP contribution in [0, 0.1) is 0 Å². The van der Waals surface area contributed by atoms with Gasteiger partial charge < -0.3 is 22.9 Å². The summed E-state index contributed by atoms with van der Waals surface area (Å²) in [5, 5.41) is 0. The number of nitrogens with two attached hydrogens (primary N) is 4. The quantitative estimate of drug-likeness (QED) is 0.529. The third kappa shape index (κ3) is 3.04. The molecule has 4 nitrogen and oxygen atoms in total. The first-order chi connectivity index (χ1) is 13.5. The predicted molar refractivity (Wildman–Crippen MR) is 117 cm³/mol. The standard InChI is InChI=1S/C24H24N4/c25-19-10-6-16(7-11-19)22-21(27)14-15-24(28,18-4-2-1-3-5-18)23(22)17-8-12-20(26)13-9-17/h1-15,23H,25-28H2. The van der Waals surface area contributed by atoms with Crippen LogP contribution in [0.4, 0.5) is 11.4 Å². The van der Waals surface area contributed by atoms with E-state index in [4.69, 9.17) is 22.9 Å². The first kappa shape index (κ1) is 17.9. The van der Waals surface area contributed by atoms with E-state index in [2.05, 4.69) is 12.1 Å². The van der Waals surface area contributed by atoms with Crippen molar-refractivity contribution in [3.05, 3.63) is 113 Å². The zero-order valence-corrected chi connectivity index (χ0v) is 15.5. The van der Waals surface area contributed by atoms with Crippen LogP contribution in [-0.2, 0) is 5.54 Å². The molecule has 0 saturated carbocycles. The highest BCUT2D eigenvalue weighted by Crippen LogP contribution is 2.48. The van der Waals surface area contributed by atoms with Crippen molar-refractivity contribution >= 4 is 16.9 Å². The van der Waals surface area contributed by atoms with Gasteiger partial charge in [0.25, 0.3) is 0 Å². The Hall–Kier alpha value is -3.50. The Kier molecular flexibility index (Phi) is 4.41. The van der Waals surface area contributed by atoms with Crippen molar-refractivity contribution in [2.45, 2.75) is 11.5 Å². The second-order valence-corrected chi connectivity index (χ2v) is 7.22. The zero-order chi connectivity index (χ0) is 19.7. The van der Waals surface area contributed by atoms with Crippen molar-refractivity contribution in [3.63, 3.8) is 0 Å². The van der Waals surface area contributed by atoms with Crippen molar-refractivity contribution in [1.82, 2.24) is 0 Å². The monoisotopic (exact) mass is 368 g/mol. The summed E-state index contributed by atoms with van der Waals surface area (Å²) in [4.78, 5) is 0. The third-order valence-corrected chi connectivity index (χ3v) is 5.38. The zero-order valence-electron chi connectivity index (χ0n) is 15.5. The first-order valence-electron chi connectivity index (χ1n) is 9.23. The first-order valence-corrected chi connectivity index (χ1v) is 9.23. The Morgan fingerprint density at radius 2 is 1.25 bits per heavy atom. The Morgan fingerprint density at radius 1 is 0.679 bits per heavy atom. The number of rotatable bonds is 3. The van der Waals surface area contributed by atoms with Gasteiger partial charge in [0.05, 0.1) is 5.54 Å². The van der Waals surface area contributed by atoms with Crippen LogP contribution in [0.1, 0.15) is 22.6 Å². The fourth-order valence-electron chi connectivity index (χ4n) is 3.94.